The van der Waals surface area contributed by atoms with Gasteiger partial charge in [0.25, 0.3) is 20.2 Å². The monoisotopic (exact) mass is 762 g/mol. The van der Waals surface area contributed by atoms with Crippen molar-refractivity contribution in [1.82, 2.24) is 0 Å². The highest BCUT2D eigenvalue weighted by Crippen LogP contribution is 2.48. The Labute approximate surface area is 309 Å². The van der Waals surface area contributed by atoms with Gasteiger partial charge in [-0.15, -0.1) is 0 Å². The van der Waals surface area contributed by atoms with Crippen LogP contribution in [0, 0.1) is 0 Å². The van der Waals surface area contributed by atoms with E-state index in [2.05, 4.69) is 85.7 Å². The average molecular weight is 764 g/mol. The standard InChI is InChI=1S/C38H47ClN2O6S2.ClH/c1-37(2)30-16-5-7-18-32(30)40(24-9-11-26-48(42,43)44)34(37)22-20-28-14-13-15-29(36(28)39)21-23-35-38(3,4)31-17-6-8-19-33(31)41(35)25-10-12-27-49(45,46)47;/h5-8,16-23H,9-15,24-27H2,1-4H3,(H-,42,43,44,45,46,47);1H. The van der Waals surface area contributed by atoms with Crippen LogP contribution in [0.3, 0.4) is 0 Å². The normalized spacial score (nSPS) is 20.2. The summed E-state index contributed by atoms with van der Waals surface area (Å²) in [7, 11) is -8.00. The molecule has 12 heteroatoms. The van der Waals surface area contributed by atoms with Crippen molar-refractivity contribution in [2.45, 2.75) is 83.5 Å². The molecule has 2 aromatic carbocycles. The van der Waals surface area contributed by atoms with E-state index in [1.165, 1.54) is 11.1 Å². The lowest BCUT2D eigenvalue weighted by molar-refractivity contribution is -0.438. The molecule has 272 valence electrons. The number of anilines is 1. The zero-order valence-electron chi connectivity index (χ0n) is 29.2. The molecule has 0 spiro atoms. The molecule has 2 aliphatic heterocycles. The average Bonchev–Trinajstić information content (AvgIpc) is 3.37. The Morgan fingerprint density at radius 3 is 2.10 bits per heavy atom. The van der Waals surface area contributed by atoms with E-state index in [1.807, 2.05) is 24.3 Å². The lowest BCUT2D eigenvalue weighted by Crippen LogP contribution is -3.00. The number of rotatable bonds is 13. The fourth-order valence-corrected chi connectivity index (χ4v) is 8.89. The Kier molecular flexibility index (Phi) is 12.7. The molecule has 0 saturated carbocycles. The van der Waals surface area contributed by atoms with Crippen molar-refractivity contribution in [3.8, 4) is 0 Å². The first-order chi connectivity index (χ1) is 23.0. The van der Waals surface area contributed by atoms with Gasteiger partial charge in [-0.1, -0.05) is 74.0 Å². The molecule has 50 heavy (non-hydrogen) atoms. The van der Waals surface area contributed by atoms with Crippen LogP contribution in [0.4, 0.5) is 11.4 Å². The van der Waals surface area contributed by atoms with E-state index in [-0.39, 0.29) is 34.7 Å². The maximum absolute atomic E-state index is 11.3. The molecule has 0 fully saturated rings. The highest BCUT2D eigenvalue weighted by molar-refractivity contribution is 7.86. The largest absolute Gasteiger partial charge is 1.00 e. The molecule has 2 aromatic rings. The molecular formula is C38H48Cl2N2O6S2. The summed E-state index contributed by atoms with van der Waals surface area (Å²) < 4.78 is 65.9. The maximum Gasteiger partial charge on any atom is 0.264 e. The van der Waals surface area contributed by atoms with Gasteiger partial charge < -0.3 is 17.3 Å². The van der Waals surface area contributed by atoms with E-state index in [0.29, 0.717) is 38.8 Å². The Morgan fingerprint density at radius 1 is 0.800 bits per heavy atom. The van der Waals surface area contributed by atoms with Crippen LogP contribution in [-0.4, -0.2) is 60.8 Å². The molecular weight excluding hydrogens is 715 g/mol. The second-order valence-electron chi connectivity index (χ2n) is 14.2. The van der Waals surface area contributed by atoms with Crippen LogP contribution in [0.2, 0.25) is 0 Å². The Morgan fingerprint density at radius 2 is 1.42 bits per heavy atom. The van der Waals surface area contributed by atoms with Gasteiger partial charge in [0.1, 0.15) is 6.54 Å². The van der Waals surface area contributed by atoms with Gasteiger partial charge in [-0.3, -0.25) is 9.11 Å². The first-order valence-electron chi connectivity index (χ1n) is 17.0. The van der Waals surface area contributed by atoms with Gasteiger partial charge in [0.15, 0.2) is 5.71 Å². The highest BCUT2D eigenvalue weighted by atomic mass is 35.5. The predicted molar refractivity (Wildman–Crippen MR) is 199 cm³/mol. The smallest absolute Gasteiger partial charge is 0.264 e. The number of unbranched alkanes of at least 4 members (excludes halogenated alkanes) is 2. The molecule has 0 saturated heterocycles. The molecule has 0 radical (unpaired) electrons. The second kappa shape index (κ2) is 15.9. The zero-order chi connectivity index (χ0) is 35.6. The molecule has 2 N–H and O–H groups in total. The Balaban J connectivity index is 0.00000562. The van der Waals surface area contributed by atoms with Crippen LogP contribution in [0.5, 0.6) is 0 Å². The van der Waals surface area contributed by atoms with Crippen molar-refractivity contribution in [2.24, 2.45) is 0 Å². The summed E-state index contributed by atoms with van der Waals surface area (Å²) in [4.78, 5) is 2.26. The third-order valence-corrected chi connectivity index (χ3v) is 12.1. The number of halogens is 2. The molecule has 5 rings (SSSR count). The predicted octanol–water partition coefficient (Wildman–Crippen LogP) is 5.24. The summed E-state index contributed by atoms with van der Waals surface area (Å²) in [5.74, 6) is -0.500. The first kappa shape index (κ1) is 40.0. The van der Waals surface area contributed by atoms with Gasteiger partial charge in [0, 0.05) is 52.5 Å². The molecule has 1 aliphatic carbocycles. The third kappa shape index (κ3) is 9.00. The van der Waals surface area contributed by atoms with Gasteiger partial charge in [-0.25, -0.2) is 0 Å². The van der Waals surface area contributed by atoms with E-state index in [0.717, 1.165) is 58.2 Å². The van der Waals surface area contributed by atoms with E-state index in [4.69, 9.17) is 11.6 Å². The summed E-state index contributed by atoms with van der Waals surface area (Å²) in [5.41, 5.74) is 8.47. The minimum atomic E-state index is -4.00. The van der Waals surface area contributed by atoms with Crippen molar-refractivity contribution in [3.63, 3.8) is 0 Å². The summed E-state index contributed by atoms with van der Waals surface area (Å²) in [5, 5.41) is 0.751. The Bertz CT molecular complexity index is 1980. The van der Waals surface area contributed by atoms with Crippen molar-refractivity contribution in [1.29, 1.82) is 0 Å². The minimum Gasteiger partial charge on any atom is -1.00 e. The summed E-state index contributed by atoms with van der Waals surface area (Å²) in [6.45, 7) is 10.1. The summed E-state index contributed by atoms with van der Waals surface area (Å²) in [6, 6.07) is 16.6. The number of para-hydroxylation sites is 2. The van der Waals surface area contributed by atoms with Crippen LogP contribution >= 0.6 is 11.6 Å². The number of hydrogen-bond donors (Lipinski definition) is 2. The molecule has 2 heterocycles. The Hall–Kier alpha value is -2.73. The number of allylic oxidation sites excluding steroid dienone is 8. The summed E-state index contributed by atoms with van der Waals surface area (Å²) in [6.07, 6.45) is 13.2. The lowest BCUT2D eigenvalue weighted by atomic mass is 9.81. The van der Waals surface area contributed by atoms with Gasteiger partial charge in [-0.05, 0) is 81.2 Å². The van der Waals surface area contributed by atoms with Crippen LogP contribution in [0.25, 0.3) is 0 Å². The molecule has 0 aromatic heterocycles. The fourth-order valence-electron chi connectivity index (χ4n) is 7.44. The van der Waals surface area contributed by atoms with Crippen LogP contribution in [0.1, 0.15) is 83.8 Å². The van der Waals surface area contributed by atoms with Gasteiger partial charge in [0.05, 0.1) is 16.9 Å². The number of hydrogen-bond acceptors (Lipinski definition) is 5. The SMILES string of the molecule is CC1(C)C(/C=C/C2=C(Cl)C(=C/C=C3/N(CCCCS(=O)(=O)O)c4ccccc4C3(C)C)/CCC2)=[N+](CCCCS(=O)(=O)O)c2ccccc21.[Cl-]. The van der Waals surface area contributed by atoms with Crippen LogP contribution in [-0.2, 0) is 31.1 Å². The second-order valence-corrected chi connectivity index (χ2v) is 17.8. The molecule has 8 nitrogen and oxygen atoms in total. The van der Waals surface area contributed by atoms with Gasteiger partial charge >= 0.3 is 0 Å². The highest BCUT2D eigenvalue weighted by Gasteiger charge is 2.44. The number of benzene rings is 2. The lowest BCUT2D eigenvalue weighted by Gasteiger charge is -2.27. The van der Waals surface area contributed by atoms with E-state index in [9.17, 15) is 25.9 Å². The molecule has 0 atom stereocenters. The zero-order valence-corrected chi connectivity index (χ0v) is 32.3. The van der Waals surface area contributed by atoms with E-state index >= 15 is 0 Å². The summed E-state index contributed by atoms with van der Waals surface area (Å²) >= 11 is 7.14. The number of fused-ring (bicyclic) bond motifs is 2. The molecule has 0 amide bonds. The van der Waals surface area contributed by atoms with Crippen molar-refractivity contribution in [3.05, 3.63) is 106 Å². The minimum absolute atomic E-state index is 0. The van der Waals surface area contributed by atoms with Crippen LogP contribution < -0.4 is 17.3 Å². The van der Waals surface area contributed by atoms with E-state index < -0.39 is 20.2 Å². The quantitative estimate of drug-likeness (QED) is 0.163. The molecule has 0 bridgehead atoms. The molecule has 3 aliphatic rings. The topological polar surface area (TPSA) is 115 Å². The van der Waals surface area contributed by atoms with Gasteiger partial charge in [-0.2, -0.15) is 21.4 Å². The van der Waals surface area contributed by atoms with Crippen molar-refractivity contribution >= 4 is 48.9 Å². The number of nitrogens with zero attached hydrogens (tertiary/aromatic N) is 2. The molecule has 0 unspecified atom stereocenters. The maximum atomic E-state index is 11.3. The van der Waals surface area contributed by atoms with Crippen LogP contribution in [0.15, 0.2) is 94.7 Å². The van der Waals surface area contributed by atoms with Crippen molar-refractivity contribution < 1.29 is 42.9 Å². The van der Waals surface area contributed by atoms with E-state index in [1.54, 1.807) is 0 Å². The van der Waals surface area contributed by atoms with Gasteiger partial charge in [0.2, 0.25) is 5.69 Å². The third-order valence-electron chi connectivity index (χ3n) is 10.0. The first-order valence-corrected chi connectivity index (χ1v) is 20.6. The van der Waals surface area contributed by atoms with Crippen molar-refractivity contribution in [2.75, 3.05) is 29.5 Å². The fraction of sp³-hybridized carbons (Fsp3) is 0.447.